The van der Waals surface area contributed by atoms with Crippen LogP contribution in [0.3, 0.4) is 0 Å². The molecule has 138 valence electrons. The highest BCUT2D eigenvalue weighted by molar-refractivity contribution is 14.0. The number of nitrogens with one attached hydrogen (secondary N) is 1. The average Bonchev–Trinajstić information content (AvgIpc) is 2.86. The van der Waals surface area contributed by atoms with Crippen LogP contribution in [-0.4, -0.2) is 59.5 Å². The van der Waals surface area contributed by atoms with Crippen LogP contribution in [0.2, 0.25) is 0 Å². The molecule has 0 aliphatic carbocycles. The second-order valence-electron chi connectivity index (χ2n) is 5.49. The molecule has 1 aromatic rings. The molecule has 8 heteroatoms. The summed E-state index contributed by atoms with van der Waals surface area (Å²) in [5.74, 6) is 2.63. The molecule has 7 nitrogen and oxygen atoms in total. The number of aliphatic imine (C=N–C) groups is 1. The lowest BCUT2D eigenvalue weighted by atomic mass is 10.3. The number of rotatable bonds is 10. The molecule has 0 bridgehead atoms. The molecule has 0 saturated heterocycles. The van der Waals surface area contributed by atoms with Crippen molar-refractivity contribution in [2.75, 3.05) is 33.9 Å². The van der Waals surface area contributed by atoms with Gasteiger partial charge in [-0.25, -0.2) is 4.99 Å². The first-order valence-corrected chi connectivity index (χ1v) is 8.04. The fourth-order valence-corrected chi connectivity index (χ4v) is 2.04. The third kappa shape index (κ3) is 8.09. The van der Waals surface area contributed by atoms with Crippen molar-refractivity contribution in [2.45, 2.75) is 32.7 Å². The lowest BCUT2D eigenvalue weighted by molar-refractivity contribution is 0.195. The number of hydrogen-bond donors (Lipinski definition) is 1. The van der Waals surface area contributed by atoms with E-state index in [9.17, 15) is 0 Å². The third-order valence-corrected chi connectivity index (χ3v) is 3.62. The van der Waals surface area contributed by atoms with E-state index in [4.69, 9.17) is 4.74 Å². The summed E-state index contributed by atoms with van der Waals surface area (Å²) in [6.07, 6.45) is 4.95. The number of methoxy groups -OCH3 is 1. The Kier molecular flexibility index (Phi) is 12.5. The van der Waals surface area contributed by atoms with Gasteiger partial charge in [-0.2, -0.15) is 0 Å². The highest BCUT2D eigenvalue weighted by atomic mass is 127. The van der Waals surface area contributed by atoms with Crippen molar-refractivity contribution >= 4 is 29.9 Å². The molecule has 0 aliphatic rings. The van der Waals surface area contributed by atoms with Gasteiger partial charge in [0.2, 0.25) is 0 Å². The first-order chi connectivity index (χ1) is 11.1. The van der Waals surface area contributed by atoms with Crippen molar-refractivity contribution in [3.8, 4) is 0 Å². The maximum atomic E-state index is 5.09. The van der Waals surface area contributed by atoms with Gasteiger partial charge in [-0.3, -0.25) is 0 Å². The number of unbranched alkanes of at least 4 members (excludes halogenated alkanes) is 1. The smallest absolute Gasteiger partial charge is 0.194 e. The number of nitrogens with zero attached hydrogens (tertiary/aromatic N) is 5. The van der Waals surface area contributed by atoms with E-state index in [0.29, 0.717) is 6.54 Å². The van der Waals surface area contributed by atoms with Crippen molar-refractivity contribution in [1.29, 1.82) is 0 Å². The van der Waals surface area contributed by atoms with Crippen LogP contribution in [0.5, 0.6) is 0 Å². The number of allylic oxidation sites excluding steroid dienone is 1. The minimum absolute atomic E-state index is 0. The molecule has 1 N–H and O–H groups in total. The summed E-state index contributed by atoms with van der Waals surface area (Å²) in [5.41, 5.74) is 0. The largest absolute Gasteiger partial charge is 0.385 e. The standard InChI is InChI=1S/C16H30N6O.HI/c1-6-7-8-11-21(3)16(17-10-9-12-23-5)18-13-15-20-19-14(2)22(15)4;/h6H,1,7-13H2,2-5H3,(H,17,18);1H. The van der Waals surface area contributed by atoms with Crippen LogP contribution in [0, 0.1) is 6.92 Å². The van der Waals surface area contributed by atoms with E-state index < -0.39 is 0 Å². The monoisotopic (exact) mass is 450 g/mol. The second kappa shape index (κ2) is 13.2. The molecule has 0 saturated carbocycles. The van der Waals surface area contributed by atoms with Crippen molar-refractivity contribution in [3.63, 3.8) is 0 Å². The molecule has 1 rings (SSSR count). The van der Waals surface area contributed by atoms with Crippen molar-refractivity contribution in [3.05, 3.63) is 24.3 Å². The van der Waals surface area contributed by atoms with E-state index in [0.717, 1.165) is 56.6 Å². The summed E-state index contributed by atoms with van der Waals surface area (Å²) in [7, 11) is 5.72. The molecule has 0 aromatic carbocycles. The van der Waals surface area contributed by atoms with Crippen LogP contribution in [0.25, 0.3) is 0 Å². The molecule has 0 amide bonds. The van der Waals surface area contributed by atoms with E-state index in [1.54, 1.807) is 7.11 Å². The molecule has 24 heavy (non-hydrogen) atoms. The lowest BCUT2D eigenvalue weighted by Gasteiger charge is -2.22. The van der Waals surface area contributed by atoms with Gasteiger partial charge in [0.15, 0.2) is 11.8 Å². The van der Waals surface area contributed by atoms with Crippen LogP contribution >= 0.6 is 24.0 Å². The minimum Gasteiger partial charge on any atom is -0.385 e. The van der Waals surface area contributed by atoms with Crippen LogP contribution in [-0.2, 0) is 18.3 Å². The van der Waals surface area contributed by atoms with Gasteiger partial charge >= 0.3 is 0 Å². The number of aromatic nitrogens is 3. The van der Waals surface area contributed by atoms with Gasteiger partial charge < -0.3 is 19.5 Å². The molecule has 0 fully saturated rings. The zero-order chi connectivity index (χ0) is 17.1. The highest BCUT2D eigenvalue weighted by Gasteiger charge is 2.08. The maximum Gasteiger partial charge on any atom is 0.194 e. The molecule has 0 aliphatic heterocycles. The van der Waals surface area contributed by atoms with E-state index in [2.05, 4.69) is 32.0 Å². The fourth-order valence-electron chi connectivity index (χ4n) is 2.04. The summed E-state index contributed by atoms with van der Waals surface area (Å²) in [6.45, 7) is 8.71. The molecule has 0 radical (unpaired) electrons. The van der Waals surface area contributed by atoms with Gasteiger partial charge in [0.1, 0.15) is 12.4 Å². The van der Waals surface area contributed by atoms with Crippen molar-refractivity contribution < 1.29 is 4.74 Å². The van der Waals surface area contributed by atoms with E-state index in [1.807, 2.05) is 31.7 Å². The molecular weight excluding hydrogens is 419 g/mol. The van der Waals surface area contributed by atoms with E-state index in [-0.39, 0.29) is 24.0 Å². The Balaban J connectivity index is 0.00000529. The van der Waals surface area contributed by atoms with Gasteiger partial charge in [0, 0.05) is 40.9 Å². The highest BCUT2D eigenvalue weighted by Crippen LogP contribution is 2.01. The van der Waals surface area contributed by atoms with Gasteiger partial charge in [-0.1, -0.05) is 6.08 Å². The molecular formula is C16H31IN6O. The lowest BCUT2D eigenvalue weighted by Crippen LogP contribution is -2.40. The van der Waals surface area contributed by atoms with Gasteiger partial charge in [0.05, 0.1) is 0 Å². The van der Waals surface area contributed by atoms with E-state index in [1.165, 1.54) is 0 Å². The van der Waals surface area contributed by atoms with Crippen LogP contribution in [0.4, 0.5) is 0 Å². The molecule has 1 aromatic heterocycles. The number of guanidine groups is 1. The Morgan fingerprint density at radius 2 is 2.17 bits per heavy atom. The van der Waals surface area contributed by atoms with Gasteiger partial charge in [0.25, 0.3) is 0 Å². The molecule has 0 spiro atoms. The minimum atomic E-state index is 0. The Bertz CT molecular complexity index is 503. The Labute approximate surface area is 162 Å². The summed E-state index contributed by atoms with van der Waals surface area (Å²) in [5, 5.41) is 11.6. The predicted octanol–water partition coefficient (Wildman–Crippen LogP) is 2.12. The Morgan fingerprint density at radius 3 is 2.75 bits per heavy atom. The zero-order valence-electron chi connectivity index (χ0n) is 15.3. The molecule has 0 unspecified atom stereocenters. The summed E-state index contributed by atoms with van der Waals surface area (Å²) in [4.78, 5) is 6.82. The summed E-state index contributed by atoms with van der Waals surface area (Å²) in [6, 6.07) is 0. The predicted molar refractivity (Wildman–Crippen MR) is 109 cm³/mol. The zero-order valence-corrected chi connectivity index (χ0v) is 17.6. The second-order valence-corrected chi connectivity index (χ2v) is 5.49. The molecule has 0 atom stereocenters. The summed E-state index contributed by atoms with van der Waals surface area (Å²) < 4.78 is 7.05. The first-order valence-electron chi connectivity index (χ1n) is 8.04. The van der Waals surface area contributed by atoms with Gasteiger partial charge in [-0.15, -0.1) is 40.8 Å². The molecule has 1 heterocycles. The Morgan fingerprint density at radius 1 is 1.42 bits per heavy atom. The van der Waals surface area contributed by atoms with Gasteiger partial charge in [-0.05, 0) is 26.2 Å². The normalized spacial score (nSPS) is 11.1. The third-order valence-electron chi connectivity index (χ3n) is 3.62. The number of aryl methyl sites for hydroxylation is 1. The number of halogens is 1. The average molecular weight is 450 g/mol. The summed E-state index contributed by atoms with van der Waals surface area (Å²) >= 11 is 0. The Hall–Kier alpha value is -1.16. The van der Waals surface area contributed by atoms with Crippen LogP contribution < -0.4 is 5.32 Å². The number of ether oxygens (including phenoxy) is 1. The maximum absolute atomic E-state index is 5.09. The fraction of sp³-hybridized carbons (Fsp3) is 0.688. The topological polar surface area (TPSA) is 67.6 Å². The van der Waals surface area contributed by atoms with Crippen LogP contribution in [0.15, 0.2) is 17.6 Å². The van der Waals surface area contributed by atoms with E-state index >= 15 is 0 Å². The number of hydrogen-bond acceptors (Lipinski definition) is 4. The first kappa shape index (κ1) is 22.8. The van der Waals surface area contributed by atoms with Crippen molar-refractivity contribution in [2.24, 2.45) is 12.0 Å². The SMILES string of the molecule is C=CCCCN(C)C(=NCc1nnc(C)n1C)NCCCOC.I. The quantitative estimate of drug-likeness (QED) is 0.195. The van der Waals surface area contributed by atoms with Crippen molar-refractivity contribution in [1.82, 2.24) is 25.0 Å². The van der Waals surface area contributed by atoms with Crippen LogP contribution in [0.1, 0.15) is 30.9 Å².